The maximum atomic E-state index is 13.5. The highest BCUT2D eigenvalue weighted by Crippen LogP contribution is 2.22. The van der Waals surface area contributed by atoms with Gasteiger partial charge in [0.1, 0.15) is 11.6 Å². The third kappa shape index (κ3) is 3.05. The molecule has 0 saturated heterocycles. The first-order valence-corrected chi connectivity index (χ1v) is 6.13. The van der Waals surface area contributed by atoms with Crippen LogP contribution in [0.25, 0.3) is 0 Å². The Kier molecular flexibility index (Phi) is 4.20. The van der Waals surface area contributed by atoms with Crippen LogP contribution >= 0.6 is 11.6 Å². The number of carbonyl (C=O) groups is 1. The maximum absolute atomic E-state index is 13.5. The molecule has 0 radical (unpaired) electrons. The summed E-state index contributed by atoms with van der Waals surface area (Å²) in [7, 11) is 1.65. The van der Waals surface area contributed by atoms with Crippen molar-refractivity contribution < 1.29 is 13.6 Å². The molecule has 0 aromatic heterocycles. The number of hydrogen-bond donors (Lipinski definition) is 2. The molecule has 20 heavy (non-hydrogen) atoms. The Hall–Kier alpha value is -2.14. The molecule has 2 aromatic rings. The summed E-state index contributed by atoms with van der Waals surface area (Å²) in [5.41, 5.74) is 0.719. The van der Waals surface area contributed by atoms with Gasteiger partial charge in [0.05, 0.1) is 11.3 Å². The first-order valence-electron chi connectivity index (χ1n) is 5.75. The monoisotopic (exact) mass is 296 g/mol. The fourth-order valence-electron chi connectivity index (χ4n) is 1.70. The van der Waals surface area contributed by atoms with Gasteiger partial charge in [0.15, 0.2) is 0 Å². The van der Waals surface area contributed by atoms with Crippen LogP contribution in [0.4, 0.5) is 20.2 Å². The molecule has 0 unspecified atom stereocenters. The average Bonchev–Trinajstić information content (AvgIpc) is 2.41. The molecular formula is C14H11ClF2N2O. The van der Waals surface area contributed by atoms with Gasteiger partial charge in [-0.05, 0) is 30.3 Å². The van der Waals surface area contributed by atoms with Crippen molar-refractivity contribution in [1.29, 1.82) is 0 Å². The quantitative estimate of drug-likeness (QED) is 0.901. The molecule has 0 atom stereocenters. The van der Waals surface area contributed by atoms with Gasteiger partial charge in [0, 0.05) is 23.8 Å². The van der Waals surface area contributed by atoms with Gasteiger partial charge in [-0.25, -0.2) is 8.78 Å². The number of rotatable bonds is 3. The Balaban J connectivity index is 2.30. The number of carbonyl (C=O) groups excluding carboxylic acids is 1. The van der Waals surface area contributed by atoms with E-state index in [0.29, 0.717) is 16.8 Å². The van der Waals surface area contributed by atoms with Crippen molar-refractivity contribution in [2.24, 2.45) is 0 Å². The molecule has 0 aliphatic rings. The molecule has 2 rings (SSSR count). The Morgan fingerprint density at radius 3 is 2.45 bits per heavy atom. The summed E-state index contributed by atoms with van der Waals surface area (Å²) >= 11 is 5.84. The van der Waals surface area contributed by atoms with Gasteiger partial charge >= 0.3 is 0 Å². The molecule has 6 heteroatoms. The number of halogens is 3. The van der Waals surface area contributed by atoms with Gasteiger partial charge in [0.2, 0.25) is 0 Å². The summed E-state index contributed by atoms with van der Waals surface area (Å²) in [6.45, 7) is 0. The van der Waals surface area contributed by atoms with Gasteiger partial charge in [0.25, 0.3) is 5.91 Å². The summed E-state index contributed by atoms with van der Waals surface area (Å²) in [6.07, 6.45) is 0. The highest BCUT2D eigenvalue weighted by atomic mass is 35.5. The zero-order chi connectivity index (χ0) is 14.7. The van der Waals surface area contributed by atoms with E-state index >= 15 is 0 Å². The highest BCUT2D eigenvalue weighted by Gasteiger charge is 2.14. The molecule has 0 bridgehead atoms. The Bertz CT molecular complexity index is 662. The summed E-state index contributed by atoms with van der Waals surface area (Å²) in [5.74, 6) is -2.09. The number of hydrogen-bond acceptors (Lipinski definition) is 2. The van der Waals surface area contributed by atoms with Gasteiger partial charge < -0.3 is 10.6 Å². The lowest BCUT2D eigenvalue weighted by atomic mass is 10.1. The molecule has 0 heterocycles. The Labute approximate surface area is 119 Å². The molecule has 3 nitrogen and oxygen atoms in total. The highest BCUT2D eigenvalue weighted by molar-refractivity contribution is 6.31. The van der Waals surface area contributed by atoms with Crippen LogP contribution in [-0.4, -0.2) is 13.0 Å². The van der Waals surface area contributed by atoms with Crippen molar-refractivity contribution >= 4 is 28.9 Å². The first-order chi connectivity index (χ1) is 9.51. The van der Waals surface area contributed by atoms with Crippen molar-refractivity contribution in [3.8, 4) is 0 Å². The lowest BCUT2D eigenvalue weighted by Gasteiger charge is -2.11. The number of amides is 1. The molecule has 104 valence electrons. The third-order valence-corrected chi connectivity index (χ3v) is 2.91. The molecule has 2 N–H and O–H groups in total. The fourth-order valence-corrected chi connectivity index (χ4v) is 1.87. The van der Waals surface area contributed by atoms with E-state index in [0.717, 1.165) is 12.1 Å². The molecule has 0 aliphatic carbocycles. The van der Waals surface area contributed by atoms with E-state index in [-0.39, 0.29) is 11.3 Å². The lowest BCUT2D eigenvalue weighted by molar-refractivity contribution is 0.102. The standard InChI is InChI=1S/C14H11ClF2N2O/c1-18-12-4-2-8(15)6-10(12)14(20)19-13-5-3-9(16)7-11(13)17/h2-7,18H,1H3,(H,19,20). The van der Waals surface area contributed by atoms with Crippen LogP contribution in [0.3, 0.4) is 0 Å². The molecule has 2 aromatic carbocycles. The van der Waals surface area contributed by atoms with Crippen LogP contribution in [0.15, 0.2) is 36.4 Å². The van der Waals surface area contributed by atoms with Crippen molar-refractivity contribution in [3.63, 3.8) is 0 Å². The Morgan fingerprint density at radius 2 is 1.80 bits per heavy atom. The zero-order valence-corrected chi connectivity index (χ0v) is 11.3. The second kappa shape index (κ2) is 5.88. The number of nitrogens with one attached hydrogen (secondary N) is 2. The van der Waals surface area contributed by atoms with Crippen molar-refractivity contribution in [2.45, 2.75) is 0 Å². The fraction of sp³-hybridized carbons (Fsp3) is 0.0714. The predicted octanol–water partition coefficient (Wildman–Crippen LogP) is 3.91. The SMILES string of the molecule is CNc1ccc(Cl)cc1C(=O)Nc1ccc(F)cc1F. The largest absolute Gasteiger partial charge is 0.387 e. The van der Waals surface area contributed by atoms with Gasteiger partial charge in [-0.3, -0.25) is 4.79 Å². The van der Waals surface area contributed by atoms with E-state index in [4.69, 9.17) is 11.6 Å². The number of anilines is 2. The molecule has 1 amide bonds. The van der Waals surface area contributed by atoms with Crippen LogP contribution in [-0.2, 0) is 0 Å². The Morgan fingerprint density at radius 1 is 1.10 bits per heavy atom. The van der Waals surface area contributed by atoms with Crippen LogP contribution in [0.5, 0.6) is 0 Å². The predicted molar refractivity (Wildman–Crippen MR) is 75.3 cm³/mol. The van der Waals surface area contributed by atoms with E-state index in [1.165, 1.54) is 6.07 Å². The third-order valence-electron chi connectivity index (χ3n) is 2.67. The molecular weight excluding hydrogens is 286 g/mol. The second-order valence-electron chi connectivity index (χ2n) is 4.02. The lowest BCUT2D eigenvalue weighted by Crippen LogP contribution is -2.15. The minimum Gasteiger partial charge on any atom is -0.387 e. The minimum absolute atomic E-state index is 0.0987. The van der Waals surface area contributed by atoms with E-state index in [2.05, 4.69) is 10.6 Å². The van der Waals surface area contributed by atoms with Crippen molar-refractivity contribution in [3.05, 3.63) is 58.6 Å². The van der Waals surface area contributed by atoms with E-state index in [9.17, 15) is 13.6 Å². The minimum atomic E-state index is -0.841. The van der Waals surface area contributed by atoms with Crippen LogP contribution < -0.4 is 10.6 Å². The average molecular weight is 297 g/mol. The molecule has 0 fully saturated rings. The maximum Gasteiger partial charge on any atom is 0.257 e. The second-order valence-corrected chi connectivity index (χ2v) is 4.45. The summed E-state index contributed by atoms with van der Waals surface area (Å²) in [4.78, 5) is 12.1. The first kappa shape index (κ1) is 14.3. The van der Waals surface area contributed by atoms with E-state index in [1.54, 1.807) is 19.2 Å². The summed E-state index contributed by atoms with van der Waals surface area (Å²) in [6, 6.07) is 7.65. The van der Waals surface area contributed by atoms with Gasteiger partial charge in [-0.2, -0.15) is 0 Å². The zero-order valence-electron chi connectivity index (χ0n) is 10.5. The summed E-state index contributed by atoms with van der Waals surface area (Å²) in [5, 5.41) is 5.60. The smallest absolute Gasteiger partial charge is 0.257 e. The topological polar surface area (TPSA) is 41.1 Å². The summed E-state index contributed by atoms with van der Waals surface area (Å²) < 4.78 is 26.3. The normalized spacial score (nSPS) is 10.2. The van der Waals surface area contributed by atoms with Gasteiger partial charge in [-0.15, -0.1) is 0 Å². The van der Waals surface area contributed by atoms with Crippen LogP contribution in [0, 0.1) is 11.6 Å². The molecule has 0 saturated carbocycles. The molecule has 0 aliphatic heterocycles. The van der Waals surface area contributed by atoms with E-state index < -0.39 is 17.5 Å². The van der Waals surface area contributed by atoms with Crippen molar-refractivity contribution in [1.82, 2.24) is 0 Å². The van der Waals surface area contributed by atoms with Crippen LogP contribution in [0.1, 0.15) is 10.4 Å². The van der Waals surface area contributed by atoms with E-state index in [1.807, 2.05) is 0 Å². The molecule has 0 spiro atoms. The van der Waals surface area contributed by atoms with Crippen molar-refractivity contribution in [2.75, 3.05) is 17.7 Å². The van der Waals surface area contributed by atoms with Gasteiger partial charge in [-0.1, -0.05) is 11.6 Å². The van der Waals surface area contributed by atoms with Crippen LogP contribution in [0.2, 0.25) is 5.02 Å². The number of benzene rings is 2.